The van der Waals surface area contributed by atoms with E-state index in [1.807, 2.05) is 25.2 Å². The van der Waals surface area contributed by atoms with Gasteiger partial charge < -0.3 is 10.0 Å². The molecule has 1 N–H and O–H groups in total. The molecule has 4 heteroatoms. The third-order valence-corrected chi connectivity index (χ3v) is 3.70. The second-order valence-corrected chi connectivity index (χ2v) is 5.34. The topological polar surface area (TPSA) is 23.5 Å². The van der Waals surface area contributed by atoms with E-state index in [-0.39, 0.29) is 6.61 Å². The second-order valence-electron chi connectivity index (χ2n) is 3.87. The number of benzene rings is 1. The fourth-order valence-corrected chi connectivity index (χ4v) is 2.67. The summed E-state index contributed by atoms with van der Waals surface area (Å²) in [6.45, 7) is 0.853. The van der Waals surface area contributed by atoms with E-state index in [1.165, 1.54) is 4.88 Å². The highest BCUT2D eigenvalue weighted by Gasteiger charge is 2.08. The third kappa shape index (κ3) is 3.00. The van der Waals surface area contributed by atoms with Gasteiger partial charge in [0.05, 0.1) is 13.2 Å². The van der Waals surface area contributed by atoms with Crippen LogP contribution in [0.4, 0.5) is 5.69 Å². The maximum Gasteiger partial charge on any atom is 0.0702 e. The van der Waals surface area contributed by atoms with Crippen molar-refractivity contribution in [3.05, 3.63) is 51.2 Å². The summed E-state index contributed by atoms with van der Waals surface area (Å²) in [6, 6.07) is 9.70. The van der Waals surface area contributed by atoms with E-state index < -0.39 is 0 Å². The van der Waals surface area contributed by atoms with E-state index in [9.17, 15) is 5.11 Å². The second kappa shape index (κ2) is 5.54. The van der Waals surface area contributed by atoms with Crippen molar-refractivity contribution < 1.29 is 5.11 Å². The number of thiophene rings is 1. The van der Waals surface area contributed by atoms with E-state index in [0.29, 0.717) is 5.02 Å². The molecule has 0 spiro atoms. The molecule has 0 radical (unpaired) electrons. The summed E-state index contributed by atoms with van der Waals surface area (Å²) in [5.41, 5.74) is 1.88. The minimum absolute atomic E-state index is 0.0291. The largest absolute Gasteiger partial charge is 0.392 e. The molecule has 2 aromatic rings. The molecule has 2 rings (SSSR count). The fraction of sp³-hybridized carbons (Fsp3) is 0.231. The average Bonchev–Trinajstić information content (AvgIpc) is 2.81. The molecule has 0 aliphatic rings. The van der Waals surface area contributed by atoms with E-state index in [4.69, 9.17) is 11.6 Å². The summed E-state index contributed by atoms with van der Waals surface area (Å²) in [5, 5.41) is 12.1. The van der Waals surface area contributed by atoms with Gasteiger partial charge in [0.15, 0.2) is 0 Å². The summed E-state index contributed by atoms with van der Waals surface area (Å²) in [5.74, 6) is 0. The van der Waals surface area contributed by atoms with Crippen molar-refractivity contribution in [3.8, 4) is 0 Å². The summed E-state index contributed by atoms with van der Waals surface area (Å²) >= 11 is 7.72. The molecule has 0 aliphatic carbocycles. The number of hydrogen-bond acceptors (Lipinski definition) is 3. The molecular formula is C13H14ClNOS. The lowest BCUT2D eigenvalue weighted by atomic mass is 10.1. The Kier molecular flexibility index (Phi) is 4.05. The first-order chi connectivity index (χ1) is 8.20. The van der Waals surface area contributed by atoms with Crippen LogP contribution in [0.1, 0.15) is 10.4 Å². The molecule has 0 saturated carbocycles. The first kappa shape index (κ1) is 12.4. The molecule has 1 aromatic heterocycles. The number of aliphatic hydroxyl groups excluding tert-OH is 1. The number of hydrogen-bond donors (Lipinski definition) is 1. The summed E-state index contributed by atoms with van der Waals surface area (Å²) in [4.78, 5) is 3.39. The Morgan fingerprint density at radius 1 is 1.35 bits per heavy atom. The lowest BCUT2D eigenvalue weighted by molar-refractivity contribution is 0.282. The number of nitrogens with zero attached hydrogens (tertiary/aromatic N) is 1. The SMILES string of the molecule is CN(Cc1cccs1)c1cc(Cl)ccc1CO. The molecular weight excluding hydrogens is 254 g/mol. The van der Waals surface area contributed by atoms with Gasteiger partial charge in [-0.2, -0.15) is 0 Å². The minimum Gasteiger partial charge on any atom is -0.392 e. The van der Waals surface area contributed by atoms with Crippen LogP contribution in [0, 0.1) is 0 Å². The quantitative estimate of drug-likeness (QED) is 0.916. The molecule has 0 saturated heterocycles. The van der Waals surface area contributed by atoms with Crippen molar-refractivity contribution in [1.82, 2.24) is 0 Å². The standard InChI is InChI=1S/C13H14ClNOS/c1-15(8-12-3-2-6-17-12)13-7-11(14)5-4-10(13)9-16/h2-7,16H,8-9H2,1H3. The van der Waals surface area contributed by atoms with Crippen LogP contribution in [0.3, 0.4) is 0 Å². The molecule has 0 unspecified atom stereocenters. The predicted molar refractivity (Wildman–Crippen MR) is 73.8 cm³/mol. The van der Waals surface area contributed by atoms with Crippen LogP contribution in [0.2, 0.25) is 5.02 Å². The molecule has 0 atom stereocenters. The maximum atomic E-state index is 9.32. The maximum absolute atomic E-state index is 9.32. The van der Waals surface area contributed by atoms with Gasteiger partial charge in [0.2, 0.25) is 0 Å². The average molecular weight is 268 g/mol. The summed E-state index contributed by atoms with van der Waals surface area (Å²) in [6.07, 6.45) is 0. The van der Waals surface area contributed by atoms with Crippen LogP contribution in [-0.2, 0) is 13.2 Å². The van der Waals surface area contributed by atoms with E-state index >= 15 is 0 Å². The third-order valence-electron chi connectivity index (χ3n) is 2.60. The van der Waals surface area contributed by atoms with E-state index in [1.54, 1.807) is 17.4 Å². The van der Waals surface area contributed by atoms with Crippen LogP contribution in [0.5, 0.6) is 0 Å². The van der Waals surface area contributed by atoms with Crippen LogP contribution >= 0.6 is 22.9 Å². The zero-order valence-corrected chi connectivity index (χ0v) is 11.1. The molecule has 17 heavy (non-hydrogen) atoms. The number of aliphatic hydroxyl groups is 1. The monoisotopic (exact) mass is 267 g/mol. The van der Waals surface area contributed by atoms with Gasteiger partial charge in [-0.3, -0.25) is 0 Å². The van der Waals surface area contributed by atoms with Gasteiger partial charge in [-0.15, -0.1) is 11.3 Å². The van der Waals surface area contributed by atoms with Crippen LogP contribution in [-0.4, -0.2) is 12.2 Å². The van der Waals surface area contributed by atoms with Gasteiger partial charge in [0.25, 0.3) is 0 Å². The van der Waals surface area contributed by atoms with Gasteiger partial charge >= 0.3 is 0 Å². The zero-order valence-electron chi connectivity index (χ0n) is 9.56. The fourth-order valence-electron chi connectivity index (χ4n) is 1.75. The molecule has 0 aliphatic heterocycles. The van der Waals surface area contributed by atoms with Gasteiger partial charge in [-0.1, -0.05) is 23.7 Å². The van der Waals surface area contributed by atoms with E-state index in [2.05, 4.69) is 16.3 Å². The molecule has 0 amide bonds. The summed E-state index contributed by atoms with van der Waals surface area (Å²) in [7, 11) is 2.00. The Labute approximate surface area is 110 Å². The van der Waals surface area contributed by atoms with Crippen LogP contribution in [0.25, 0.3) is 0 Å². The molecule has 1 aromatic carbocycles. The van der Waals surface area contributed by atoms with Crippen LogP contribution in [0.15, 0.2) is 35.7 Å². The van der Waals surface area contributed by atoms with E-state index in [0.717, 1.165) is 17.8 Å². The Balaban J connectivity index is 2.23. The van der Waals surface area contributed by atoms with Crippen molar-refractivity contribution in [1.29, 1.82) is 0 Å². The predicted octanol–water partition coefficient (Wildman–Crippen LogP) is 3.53. The Hall–Kier alpha value is -1.03. The zero-order chi connectivity index (χ0) is 12.3. The first-order valence-electron chi connectivity index (χ1n) is 5.33. The first-order valence-corrected chi connectivity index (χ1v) is 6.59. The smallest absolute Gasteiger partial charge is 0.0702 e. The molecule has 0 fully saturated rings. The Morgan fingerprint density at radius 2 is 2.18 bits per heavy atom. The van der Waals surface area contributed by atoms with Crippen molar-refractivity contribution in [2.45, 2.75) is 13.2 Å². The lowest BCUT2D eigenvalue weighted by Gasteiger charge is -2.21. The number of anilines is 1. The minimum atomic E-state index is 0.0291. The van der Waals surface area contributed by atoms with Gasteiger partial charge in [-0.05, 0) is 23.6 Å². The highest BCUT2D eigenvalue weighted by Crippen LogP contribution is 2.26. The van der Waals surface area contributed by atoms with Crippen LogP contribution < -0.4 is 4.90 Å². The molecule has 90 valence electrons. The normalized spacial score (nSPS) is 10.5. The van der Waals surface area contributed by atoms with Gasteiger partial charge in [0, 0.05) is 28.2 Å². The highest BCUT2D eigenvalue weighted by molar-refractivity contribution is 7.09. The Bertz CT molecular complexity index is 484. The summed E-state index contributed by atoms with van der Waals surface area (Å²) < 4.78 is 0. The highest BCUT2D eigenvalue weighted by atomic mass is 35.5. The van der Waals surface area contributed by atoms with Gasteiger partial charge in [0.1, 0.15) is 0 Å². The number of halogens is 1. The number of rotatable bonds is 4. The molecule has 1 heterocycles. The van der Waals surface area contributed by atoms with Gasteiger partial charge in [-0.25, -0.2) is 0 Å². The van der Waals surface area contributed by atoms with Crippen molar-refractivity contribution >= 4 is 28.6 Å². The molecule has 2 nitrogen and oxygen atoms in total. The lowest BCUT2D eigenvalue weighted by Crippen LogP contribution is -2.17. The van der Waals surface area contributed by atoms with Crippen molar-refractivity contribution in [2.24, 2.45) is 0 Å². The van der Waals surface area contributed by atoms with Crippen molar-refractivity contribution in [3.63, 3.8) is 0 Å². The molecule has 0 bridgehead atoms. The Morgan fingerprint density at radius 3 is 2.82 bits per heavy atom. The van der Waals surface area contributed by atoms with Crippen molar-refractivity contribution in [2.75, 3.05) is 11.9 Å².